The zero-order valence-corrected chi connectivity index (χ0v) is 7.24. The van der Waals surface area contributed by atoms with E-state index in [1.54, 1.807) is 7.05 Å². The van der Waals surface area contributed by atoms with Crippen molar-refractivity contribution in [1.82, 2.24) is 10.6 Å². The van der Waals surface area contributed by atoms with Crippen molar-refractivity contribution >= 4 is 18.5 Å². The van der Waals surface area contributed by atoms with Crippen LogP contribution in [0.4, 0.5) is 0 Å². The monoisotopic (exact) mass is 162 g/mol. The molecule has 3 nitrogen and oxygen atoms in total. The summed E-state index contributed by atoms with van der Waals surface area (Å²) < 4.78 is 0. The molecule has 0 aromatic carbocycles. The Hall–Kier alpha value is -0.220. The minimum absolute atomic E-state index is 0.0139. The maximum absolute atomic E-state index is 11.0. The Morgan fingerprint density at radius 1 is 1.70 bits per heavy atom. The molecule has 0 aliphatic heterocycles. The van der Waals surface area contributed by atoms with Gasteiger partial charge < -0.3 is 10.6 Å². The smallest absolute Gasteiger partial charge is 0.237 e. The lowest BCUT2D eigenvalue weighted by Gasteiger charge is -2.11. The van der Waals surface area contributed by atoms with Gasteiger partial charge in [0.15, 0.2) is 0 Å². The minimum Gasteiger partial charge on any atom is -0.355 e. The third kappa shape index (κ3) is 3.08. The van der Waals surface area contributed by atoms with E-state index in [1.165, 1.54) is 0 Å². The molecule has 0 aliphatic carbocycles. The van der Waals surface area contributed by atoms with Crippen molar-refractivity contribution in [1.29, 1.82) is 0 Å². The van der Waals surface area contributed by atoms with Gasteiger partial charge in [0.2, 0.25) is 5.91 Å². The minimum atomic E-state index is -0.164. The van der Waals surface area contributed by atoms with Gasteiger partial charge in [0, 0.05) is 12.3 Å². The topological polar surface area (TPSA) is 41.1 Å². The number of hydrogen-bond acceptors (Lipinski definition) is 3. The molecule has 0 aromatic heterocycles. The molecule has 4 heteroatoms. The molecule has 0 radical (unpaired) electrons. The lowest BCUT2D eigenvalue weighted by molar-refractivity contribution is -0.122. The SMILES string of the molecule is CCNC(=O)[C@@H](CS)NC. The number of carbonyl (C=O) groups excluding carboxylic acids is 1. The van der Waals surface area contributed by atoms with Crippen LogP contribution in [0, 0.1) is 0 Å². The van der Waals surface area contributed by atoms with Gasteiger partial charge in [-0.1, -0.05) is 0 Å². The molecule has 1 atom stereocenters. The van der Waals surface area contributed by atoms with Crippen molar-refractivity contribution < 1.29 is 4.79 Å². The van der Waals surface area contributed by atoms with Crippen LogP contribution < -0.4 is 10.6 Å². The second-order valence-electron chi connectivity index (χ2n) is 1.92. The first-order valence-corrected chi connectivity index (χ1v) is 3.95. The van der Waals surface area contributed by atoms with Crippen molar-refractivity contribution in [3.63, 3.8) is 0 Å². The van der Waals surface area contributed by atoms with Gasteiger partial charge in [-0.25, -0.2) is 0 Å². The van der Waals surface area contributed by atoms with Crippen molar-refractivity contribution in [3.05, 3.63) is 0 Å². The van der Waals surface area contributed by atoms with Crippen molar-refractivity contribution in [2.45, 2.75) is 13.0 Å². The number of thiol groups is 1. The van der Waals surface area contributed by atoms with E-state index in [4.69, 9.17) is 0 Å². The fourth-order valence-electron chi connectivity index (χ4n) is 0.603. The van der Waals surface area contributed by atoms with Crippen molar-refractivity contribution in [3.8, 4) is 0 Å². The summed E-state index contributed by atoms with van der Waals surface area (Å²) in [4.78, 5) is 11.0. The van der Waals surface area contributed by atoms with Crippen molar-refractivity contribution in [2.75, 3.05) is 19.3 Å². The molecule has 0 saturated heterocycles. The zero-order valence-electron chi connectivity index (χ0n) is 6.35. The molecule has 0 saturated carbocycles. The van der Waals surface area contributed by atoms with Gasteiger partial charge >= 0.3 is 0 Å². The Morgan fingerprint density at radius 2 is 2.30 bits per heavy atom. The largest absolute Gasteiger partial charge is 0.355 e. The van der Waals surface area contributed by atoms with E-state index in [0.29, 0.717) is 12.3 Å². The Bertz CT molecular complexity index is 104. The fourth-order valence-corrected chi connectivity index (χ4v) is 0.951. The van der Waals surface area contributed by atoms with Gasteiger partial charge in [-0.2, -0.15) is 12.6 Å². The lowest BCUT2D eigenvalue weighted by atomic mass is 10.3. The first-order chi connectivity index (χ1) is 4.76. The van der Waals surface area contributed by atoms with E-state index in [-0.39, 0.29) is 11.9 Å². The maximum Gasteiger partial charge on any atom is 0.237 e. The van der Waals surface area contributed by atoms with Crippen LogP contribution in [-0.2, 0) is 4.79 Å². The van der Waals surface area contributed by atoms with E-state index < -0.39 is 0 Å². The van der Waals surface area contributed by atoms with Crippen LogP contribution in [0.1, 0.15) is 6.92 Å². The van der Waals surface area contributed by atoms with Crippen LogP contribution in [0.25, 0.3) is 0 Å². The summed E-state index contributed by atoms with van der Waals surface area (Å²) in [6.07, 6.45) is 0. The zero-order chi connectivity index (χ0) is 7.98. The van der Waals surface area contributed by atoms with Gasteiger partial charge in [0.25, 0.3) is 0 Å². The first-order valence-electron chi connectivity index (χ1n) is 3.32. The summed E-state index contributed by atoms with van der Waals surface area (Å²) >= 11 is 4.00. The van der Waals surface area contributed by atoms with E-state index in [9.17, 15) is 4.79 Å². The molecular weight excluding hydrogens is 148 g/mol. The highest BCUT2D eigenvalue weighted by molar-refractivity contribution is 7.80. The molecular formula is C6H14N2OS. The molecule has 1 amide bonds. The van der Waals surface area contributed by atoms with Crippen LogP contribution in [0.15, 0.2) is 0 Å². The second-order valence-corrected chi connectivity index (χ2v) is 2.28. The lowest BCUT2D eigenvalue weighted by Crippen LogP contribution is -2.43. The quantitative estimate of drug-likeness (QED) is 0.494. The summed E-state index contributed by atoms with van der Waals surface area (Å²) in [6.45, 7) is 2.56. The normalized spacial score (nSPS) is 12.7. The predicted molar refractivity (Wildman–Crippen MR) is 45.4 cm³/mol. The Kier molecular flexibility index (Phi) is 5.43. The molecule has 0 spiro atoms. The van der Waals surface area contributed by atoms with Crippen molar-refractivity contribution in [2.24, 2.45) is 0 Å². The van der Waals surface area contributed by atoms with Crippen LogP contribution in [-0.4, -0.2) is 31.3 Å². The molecule has 0 unspecified atom stereocenters. The van der Waals surface area contributed by atoms with Crippen LogP contribution in [0.3, 0.4) is 0 Å². The first kappa shape index (κ1) is 9.78. The van der Waals surface area contributed by atoms with E-state index in [0.717, 1.165) is 0 Å². The summed E-state index contributed by atoms with van der Waals surface area (Å²) in [5.74, 6) is 0.544. The Morgan fingerprint density at radius 3 is 2.60 bits per heavy atom. The number of amides is 1. The van der Waals surface area contributed by atoms with Gasteiger partial charge in [0.1, 0.15) is 0 Å². The number of likely N-dealkylation sites (N-methyl/N-ethyl adjacent to an activating group) is 2. The molecule has 60 valence electrons. The Labute approximate surface area is 67.0 Å². The van der Waals surface area contributed by atoms with E-state index >= 15 is 0 Å². The Balaban J connectivity index is 3.65. The van der Waals surface area contributed by atoms with Gasteiger partial charge in [-0.3, -0.25) is 4.79 Å². The number of carbonyl (C=O) groups is 1. The molecule has 2 N–H and O–H groups in total. The summed E-state index contributed by atoms with van der Waals surface area (Å²) in [7, 11) is 1.75. The van der Waals surface area contributed by atoms with Crippen LogP contribution in [0.5, 0.6) is 0 Å². The molecule has 0 heterocycles. The highest BCUT2D eigenvalue weighted by atomic mass is 32.1. The standard InChI is InChI=1S/C6H14N2OS/c1-3-8-6(9)5(4-10)7-2/h5,7,10H,3-4H2,1-2H3,(H,8,9)/t5-/m1/s1. The fraction of sp³-hybridized carbons (Fsp3) is 0.833. The number of rotatable bonds is 4. The molecule has 0 aromatic rings. The van der Waals surface area contributed by atoms with E-state index in [2.05, 4.69) is 23.3 Å². The molecule has 0 bridgehead atoms. The van der Waals surface area contributed by atoms with Crippen LogP contribution >= 0.6 is 12.6 Å². The molecule has 0 rings (SSSR count). The number of nitrogens with one attached hydrogen (secondary N) is 2. The summed E-state index contributed by atoms with van der Waals surface area (Å²) in [5.41, 5.74) is 0. The second kappa shape index (κ2) is 5.56. The summed E-state index contributed by atoms with van der Waals surface area (Å²) in [6, 6.07) is -0.164. The van der Waals surface area contributed by atoms with Gasteiger partial charge in [-0.15, -0.1) is 0 Å². The third-order valence-corrected chi connectivity index (χ3v) is 1.56. The highest BCUT2D eigenvalue weighted by Gasteiger charge is 2.11. The van der Waals surface area contributed by atoms with Crippen LogP contribution in [0.2, 0.25) is 0 Å². The molecule has 10 heavy (non-hydrogen) atoms. The summed E-state index contributed by atoms with van der Waals surface area (Å²) in [5, 5.41) is 5.54. The highest BCUT2D eigenvalue weighted by Crippen LogP contribution is 1.85. The third-order valence-electron chi connectivity index (χ3n) is 1.20. The van der Waals surface area contributed by atoms with E-state index in [1.807, 2.05) is 6.92 Å². The predicted octanol–water partition coefficient (Wildman–Crippen LogP) is -0.360. The maximum atomic E-state index is 11.0. The average molecular weight is 162 g/mol. The van der Waals surface area contributed by atoms with Gasteiger partial charge in [0.05, 0.1) is 6.04 Å². The molecule has 0 fully saturated rings. The molecule has 0 aliphatic rings. The van der Waals surface area contributed by atoms with Gasteiger partial charge in [-0.05, 0) is 14.0 Å². The average Bonchev–Trinajstić information content (AvgIpc) is 1.91. The number of hydrogen-bond donors (Lipinski definition) is 3.